The van der Waals surface area contributed by atoms with Crippen LogP contribution in [0.4, 0.5) is 16.3 Å². The number of amides is 2. The van der Waals surface area contributed by atoms with E-state index in [4.69, 9.17) is 0 Å². The van der Waals surface area contributed by atoms with Gasteiger partial charge < -0.3 is 15.1 Å². The van der Waals surface area contributed by atoms with Gasteiger partial charge >= 0.3 is 6.03 Å². The molecule has 1 N–H and O–H groups in total. The highest BCUT2D eigenvalue weighted by Gasteiger charge is 2.21. The van der Waals surface area contributed by atoms with Gasteiger partial charge in [0, 0.05) is 38.1 Å². The van der Waals surface area contributed by atoms with E-state index in [1.807, 2.05) is 36.2 Å². The van der Waals surface area contributed by atoms with Crippen molar-refractivity contribution in [1.82, 2.24) is 9.88 Å². The molecule has 5 nitrogen and oxygen atoms in total. The van der Waals surface area contributed by atoms with E-state index in [0.29, 0.717) is 13.1 Å². The van der Waals surface area contributed by atoms with Crippen LogP contribution in [0, 0.1) is 6.92 Å². The number of hydrogen-bond donors (Lipinski definition) is 1. The molecule has 5 heteroatoms. The molecule has 1 saturated heterocycles. The number of pyridine rings is 1. The zero-order valence-corrected chi connectivity index (χ0v) is 16.4. The van der Waals surface area contributed by atoms with Crippen molar-refractivity contribution < 1.29 is 4.79 Å². The lowest BCUT2D eigenvalue weighted by Gasteiger charge is -2.35. The zero-order valence-electron chi connectivity index (χ0n) is 16.4. The van der Waals surface area contributed by atoms with Gasteiger partial charge in [-0.2, -0.15) is 0 Å². The van der Waals surface area contributed by atoms with Crippen molar-refractivity contribution >= 4 is 17.5 Å². The number of aromatic nitrogens is 1. The minimum Gasteiger partial charge on any atom is -0.353 e. The predicted molar refractivity (Wildman–Crippen MR) is 111 cm³/mol. The third-order valence-electron chi connectivity index (χ3n) is 5.06. The summed E-state index contributed by atoms with van der Waals surface area (Å²) in [5.41, 5.74) is 3.36. The van der Waals surface area contributed by atoms with E-state index >= 15 is 0 Å². The summed E-state index contributed by atoms with van der Waals surface area (Å²) in [5.74, 6) is 0.985. The average Bonchev–Trinajstić information content (AvgIpc) is 2.70. The minimum absolute atomic E-state index is 0.0229. The number of carbonyl (C=O) groups excluding carboxylic acids is 1. The Hall–Kier alpha value is -2.56. The lowest BCUT2D eigenvalue weighted by molar-refractivity contribution is 0.208. The van der Waals surface area contributed by atoms with E-state index in [1.165, 1.54) is 24.8 Å². The van der Waals surface area contributed by atoms with Crippen LogP contribution in [0.1, 0.15) is 37.3 Å². The highest BCUT2D eigenvalue weighted by molar-refractivity contribution is 5.89. The molecule has 144 valence electrons. The maximum absolute atomic E-state index is 12.5. The van der Waals surface area contributed by atoms with Crippen LogP contribution in [0.2, 0.25) is 0 Å². The first-order valence-electron chi connectivity index (χ1n) is 9.98. The molecule has 0 bridgehead atoms. The molecule has 0 atom stereocenters. The molecule has 2 aromatic rings. The Morgan fingerprint density at radius 2 is 1.78 bits per heavy atom. The maximum atomic E-state index is 12.5. The van der Waals surface area contributed by atoms with Crippen molar-refractivity contribution in [1.29, 1.82) is 0 Å². The molecular formula is C22H30N4O. The van der Waals surface area contributed by atoms with Gasteiger partial charge in [-0.3, -0.25) is 0 Å². The van der Waals surface area contributed by atoms with Gasteiger partial charge in [0.25, 0.3) is 0 Å². The number of nitrogens with zero attached hydrogens (tertiary/aromatic N) is 3. The summed E-state index contributed by atoms with van der Waals surface area (Å²) < 4.78 is 0. The molecule has 1 fully saturated rings. The van der Waals surface area contributed by atoms with Crippen molar-refractivity contribution in [2.75, 3.05) is 36.4 Å². The minimum atomic E-state index is -0.0229. The lowest BCUT2D eigenvalue weighted by atomic mass is 10.1. The number of piperazine rings is 1. The van der Waals surface area contributed by atoms with Crippen molar-refractivity contribution in [3.8, 4) is 0 Å². The Morgan fingerprint density at radius 1 is 1.04 bits per heavy atom. The van der Waals surface area contributed by atoms with Gasteiger partial charge in [-0.05, 0) is 49.1 Å². The first-order valence-corrected chi connectivity index (χ1v) is 9.98. The quantitative estimate of drug-likeness (QED) is 0.767. The Kier molecular flexibility index (Phi) is 6.69. The molecule has 2 heterocycles. The number of rotatable bonds is 6. The molecule has 1 aromatic carbocycles. The molecule has 3 rings (SSSR count). The molecule has 2 amide bonds. The van der Waals surface area contributed by atoms with Gasteiger partial charge in [0.1, 0.15) is 5.82 Å². The summed E-state index contributed by atoms with van der Waals surface area (Å²) in [6, 6.07) is 12.3. The predicted octanol–water partition coefficient (Wildman–Crippen LogP) is 4.48. The SMILES string of the molecule is CCCCCc1ccc(NC(=O)N2CCN(c3ccc(C)cn3)CC2)cc1. The summed E-state index contributed by atoms with van der Waals surface area (Å²) in [6.07, 6.45) is 6.73. The van der Waals surface area contributed by atoms with Gasteiger partial charge in [0.15, 0.2) is 0 Å². The van der Waals surface area contributed by atoms with E-state index < -0.39 is 0 Å². The third-order valence-corrected chi connectivity index (χ3v) is 5.06. The Labute approximate surface area is 162 Å². The van der Waals surface area contributed by atoms with E-state index in [9.17, 15) is 4.79 Å². The van der Waals surface area contributed by atoms with Crippen LogP contribution in [0.25, 0.3) is 0 Å². The Morgan fingerprint density at radius 3 is 2.41 bits per heavy atom. The second-order valence-corrected chi connectivity index (χ2v) is 7.25. The molecule has 1 aliphatic rings. The number of hydrogen-bond acceptors (Lipinski definition) is 3. The number of nitrogens with one attached hydrogen (secondary N) is 1. The van der Waals surface area contributed by atoms with Crippen molar-refractivity contribution in [3.63, 3.8) is 0 Å². The number of unbranched alkanes of at least 4 members (excludes halogenated alkanes) is 2. The highest BCUT2D eigenvalue weighted by Crippen LogP contribution is 2.16. The standard InChI is InChI=1S/C22H30N4O/c1-3-4-5-6-19-8-10-20(11-9-19)24-22(27)26-15-13-25(14-16-26)21-12-7-18(2)17-23-21/h7-12,17H,3-6,13-16H2,1-2H3,(H,24,27). The van der Waals surface area contributed by atoms with Gasteiger partial charge in [0.2, 0.25) is 0 Å². The molecule has 0 radical (unpaired) electrons. The number of benzene rings is 1. The fourth-order valence-corrected chi connectivity index (χ4v) is 3.32. The maximum Gasteiger partial charge on any atom is 0.321 e. The van der Waals surface area contributed by atoms with Gasteiger partial charge in [-0.25, -0.2) is 9.78 Å². The van der Waals surface area contributed by atoms with Crippen molar-refractivity contribution in [2.45, 2.75) is 39.5 Å². The molecule has 1 aliphatic heterocycles. The van der Waals surface area contributed by atoms with Gasteiger partial charge in [-0.1, -0.05) is 38.0 Å². The lowest BCUT2D eigenvalue weighted by Crippen LogP contribution is -2.50. The number of anilines is 2. The average molecular weight is 367 g/mol. The molecule has 0 unspecified atom stereocenters. The fourth-order valence-electron chi connectivity index (χ4n) is 3.32. The summed E-state index contributed by atoms with van der Waals surface area (Å²) in [5, 5.41) is 3.02. The Bertz CT molecular complexity index is 719. The van der Waals surface area contributed by atoms with Crippen LogP contribution < -0.4 is 10.2 Å². The number of urea groups is 1. The van der Waals surface area contributed by atoms with Crippen LogP contribution >= 0.6 is 0 Å². The number of aryl methyl sites for hydroxylation is 2. The largest absolute Gasteiger partial charge is 0.353 e. The van der Waals surface area contributed by atoms with Crippen LogP contribution in [0.5, 0.6) is 0 Å². The smallest absolute Gasteiger partial charge is 0.321 e. The van der Waals surface area contributed by atoms with E-state index in [2.05, 4.69) is 40.3 Å². The molecule has 0 aliphatic carbocycles. The topological polar surface area (TPSA) is 48.5 Å². The third kappa shape index (κ3) is 5.46. The summed E-state index contributed by atoms with van der Waals surface area (Å²) in [4.78, 5) is 21.1. The van der Waals surface area contributed by atoms with E-state index in [-0.39, 0.29) is 6.03 Å². The molecule has 27 heavy (non-hydrogen) atoms. The van der Waals surface area contributed by atoms with E-state index in [1.54, 1.807) is 0 Å². The molecule has 0 saturated carbocycles. The highest BCUT2D eigenvalue weighted by atomic mass is 16.2. The normalized spacial score (nSPS) is 14.3. The second-order valence-electron chi connectivity index (χ2n) is 7.25. The summed E-state index contributed by atoms with van der Waals surface area (Å²) in [7, 11) is 0. The van der Waals surface area contributed by atoms with Crippen LogP contribution in [-0.2, 0) is 6.42 Å². The van der Waals surface area contributed by atoms with Crippen molar-refractivity contribution in [3.05, 3.63) is 53.7 Å². The molecule has 0 spiro atoms. The Balaban J connectivity index is 1.47. The zero-order chi connectivity index (χ0) is 19.1. The van der Waals surface area contributed by atoms with Gasteiger partial charge in [-0.15, -0.1) is 0 Å². The number of carbonyl (C=O) groups is 1. The monoisotopic (exact) mass is 366 g/mol. The van der Waals surface area contributed by atoms with Crippen LogP contribution in [-0.4, -0.2) is 42.1 Å². The summed E-state index contributed by atoms with van der Waals surface area (Å²) >= 11 is 0. The van der Waals surface area contributed by atoms with Gasteiger partial charge in [0.05, 0.1) is 0 Å². The fraction of sp³-hybridized carbons (Fsp3) is 0.455. The molecular weight excluding hydrogens is 336 g/mol. The second kappa shape index (κ2) is 9.40. The van der Waals surface area contributed by atoms with Crippen LogP contribution in [0.3, 0.4) is 0 Å². The molecule has 1 aromatic heterocycles. The first-order chi connectivity index (χ1) is 13.2. The van der Waals surface area contributed by atoms with Crippen molar-refractivity contribution in [2.24, 2.45) is 0 Å². The first kappa shape index (κ1) is 19.2. The van der Waals surface area contributed by atoms with E-state index in [0.717, 1.165) is 36.6 Å². The van der Waals surface area contributed by atoms with Crippen LogP contribution in [0.15, 0.2) is 42.6 Å². The summed E-state index contributed by atoms with van der Waals surface area (Å²) in [6.45, 7) is 7.28.